The van der Waals surface area contributed by atoms with Gasteiger partial charge in [-0.3, -0.25) is 9.36 Å². The second-order valence-corrected chi connectivity index (χ2v) is 5.37. The van der Waals surface area contributed by atoms with Crippen LogP contribution in [0.25, 0.3) is 11.2 Å². The molecular formula is C12H18N5O5+. The lowest BCUT2D eigenvalue weighted by Crippen LogP contribution is -2.47. The number of anilines is 1. The van der Waals surface area contributed by atoms with Crippen LogP contribution in [0.15, 0.2) is 11.1 Å². The van der Waals surface area contributed by atoms with Gasteiger partial charge in [0.1, 0.15) is 18.3 Å². The highest BCUT2D eigenvalue weighted by molar-refractivity contribution is 5.68. The summed E-state index contributed by atoms with van der Waals surface area (Å²) in [5, 5.41) is 29.2. The molecule has 1 saturated heterocycles. The molecule has 3 rings (SSSR count). The minimum atomic E-state index is -1.25. The molecule has 0 saturated carbocycles. The molecule has 22 heavy (non-hydrogen) atoms. The second kappa shape index (κ2) is 5.02. The van der Waals surface area contributed by atoms with Crippen LogP contribution in [0.2, 0.25) is 0 Å². The third kappa shape index (κ3) is 1.92. The summed E-state index contributed by atoms with van der Waals surface area (Å²) in [5.41, 5.74) is 5.90. The molecule has 2 aromatic heterocycles. The summed E-state index contributed by atoms with van der Waals surface area (Å²) in [7, 11) is 3.28. The van der Waals surface area contributed by atoms with E-state index in [2.05, 4.69) is 4.98 Å². The molecule has 0 aliphatic carbocycles. The molecule has 1 aliphatic rings. The molecule has 1 fully saturated rings. The Bertz CT molecular complexity index is 784. The highest BCUT2D eigenvalue weighted by Crippen LogP contribution is 2.26. The maximum absolute atomic E-state index is 12.0. The Morgan fingerprint density at radius 3 is 2.68 bits per heavy atom. The van der Waals surface area contributed by atoms with Gasteiger partial charge in [-0.2, -0.15) is 4.98 Å². The average Bonchev–Trinajstić information content (AvgIpc) is 2.95. The molecule has 10 nitrogen and oxygen atoms in total. The quantitative estimate of drug-likeness (QED) is 0.427. The van der Waals surface area contributed by atoms with E-state index in [-0.39, 0.29) is 11.5 Å². The molecule has 0 aromatic carbocycles. The Morgan fingerprint density at radius 1 is 1.41 bits per heavy atom. The van der Waals surface area contributed by atoms with Crippen molar-refractivity contribution in [3.05, 3.63) is 16.7 Å². The molecule has 0 spiro atoms. The van der Waals surface area contributed by atoms with Crippen LogP contribution in [0.5, 0.6) is 0 Å². The predicted octanol–water partition coefficient (Wildman–Crippen LogP) is -3.25. The molecule has 10 heteroatoms. The average molecular weight is 312 g/mol. The normalized spacial score (nSPS) is 28.6. The third-order valence-electron chi connectivity index (χ3n) is 3.98. The summed E-state index contributed by atoms with van der Waals surface area (Å²) in [4.78, 5) is 15.8. The van der Waals surface area contributed by atoms with Crippen LogP contribution in [-0.4, -0.2) is 54.4 Å². The first-order valence-electron chi connectivity index (χ1n) is 6.72. The molecule has 2 aromatic rings. The van der Waals surface area contributed by atoms with Crippen molar-refractivity contribution in [2.45, 2.75) is 24.5 Å². The number of fused-ring (bicyclic) bond motifs is 1. The van der Waals surface area contributed by atoms with Gasteiger partial charge in [0.05, 0.1) is 20.7 Å². The zero-order valence-electron chi connectivity index (χ0n) is 12.1. The molecular weight excluding hydrogens is 294 g/mol. The second-order valence-electron chi connectivity index (χ2n) is 5.37. The molecule has 0 radical (unpaired) electrons. The number of aryl methyl sites for hydroxylation is 2. The van der Waals surface area contributed by atoms with E-state index in [1.54, 1.807) is 25.0 Å². The van der Waals surface area contributed by atoms with Gasteiger partial charge in [-0.1, -0.05) is 0 Å². The molecule has 4 atom stereocenters. The fourth-order valence-electron chi connectivity index (χ4n) is 2.79. The zero-order chi connectivity index (χ0) is 16.2. The van der Waals surface area contributed by atoms with Crippen LogP contribution >= 0.6 is 0 Å². The van der Waals surface area contributed by atoms with Crippen molar-refractivity contribution in [2.24, 2.45) is 14.1 Å². The monoisotopic (exact) mass is 312 g/mol. The van der Waals surface area contributed by atoms with Gasteiger partial charge in [0.2, 0.25) is 11.7 Å². The number of imidazole rings is 1. The van der Waals surface area contributed by atoms with E-state index in [1.807, 2.05) is 0 Å². The summed E-state index contributed by atoms with van der Waals surface area (Å²) in [6, 6.07) is 0. The van der Waals surface area contributed by atoms with E-state index in [9.17, 15) is 20.1 Å². The van der Waals surface area contributed by atoms with Crippen LogP contribution < -0.4 is 15.9 Å². The van der Waals surface area contributed by atoms with Crippen molar-refractivity contribution in [1.29, 1.82) is 0 Å². The first-order chi connectivity index (χ1) is 10.4. The number of hydrogen-bond donors (Lipinski definition) is 4. The van der Waals surface area contributed by atoms with Gasteiger partial charge in [0.15, 0.2) is 6.33 Å². The Kier molecular flexibility index (Phi) is 3.40. The van der Waals surface area contributed by atoms with Gasteiger partial charge in [0, 0.05) is 0 Å². The minimum Gasteiger partial charge on any atom is -0.394 e. The summed E-state index contributed by atoms with van der Waals surface area (Å²) < 4.78 is 10.0. The van der Waals surface area contributed by atoms with Gasteiger partial charge in [-0.05, 0) is 0 Å². The number of ether oxygens (including phenoxy) is 1. The SMILES string of the molecule is Cn1c[n+]([C@@H]2O[C@H](CO)[C@@H](O)[C@H]2O)c2c1c(=O)nc(N)n2C. The number of aliphatic hydroxyl groups excluding tert-OH is 3. The summed E-state index contributed by atoms with van der Waals surface area (Å²) >= 11 is 0. The highest BCUT2D eigenvalue weighted by atomic mass is 16.6. The van der Waals surface area contributed by atoms with E-state index in [0.717, 1.165) is 0 Å². The zero-order valence-corrected chi connectivity index (χ0v) is 12.1. The van der Waals surface area contributed by atoms with Crippen LogP contribution in [0, 0.1) is 0 Å². The molecule has 0 unspecified atom stereocenters. The molecule has 120 valence electrons. The molecule has 5 N–H and O–H groups in total. The number of nitrogens with zero attached hydrogens (tertiary/aromatic N) is 4. The van der Waals surface area contributed by atoms with Crippen molar-refractivity contribution in [3.63, 3.8) is 0 Å². The van der Waals surface area contributed by atoms with Crippen molar-refractivity contribution < 1.29 is 24.6 Å². The van der Waals surface area contributed by atoms with Crippen molar-refractivity contribution >= 4 is 17.1 Å². The molecule has 0 amide bonds. The van der Waals surface area contributed by atoms with Gasteiger partial charge < -0.3 is 25.8 Å². The first kappa shape index (κ1) is 14.9. The Balaban J connectivity index is 2.23. The summed E-state index contributed by atoms with van der Waals surface area (Å²) in [6.07, 6.45) is -2.79. The van der Waals surface area contributed by atoms with E-state index < -0.39 is 36.7 Å². The summed E-state index contributed by atoms with van der Waals surface area (Å²) in [6.45, 7) is -0.428. The molecule has 0 bridgehead atoms. The van der Waals surface area contributed by atoms with E-state index in [1.165, 1.54) is 9.13 Å². The van der Waals surface area contributed by atoms with Crippen molar-refractivity contribution in [2.75, 3.05) is 12.3 Å². The van der Waals surface area contributed by atoms with Crippen molar-refractivity contribution in [1.82, 2.24) is 14.1 Å². The predicted molar refractivity (Wildman–Crippen MR) is 73.6 cm³/mol. The fraction of sp³-hybridized carbons (Fsp3) is 0.583. The maximum atomic E-state index is 12.0. The van der Waals surface area contributed by atoms with E-state index in [4.69, 9.17) is 10.5 Å². The lowest BCUT2D eigenvalue weighted by atomic mass is 10.1. The van der Waals surface area contributed by atoms with Crippen molar-refractivity contribution in [3.8, 4) is 0 Å². The highest BCUT2D eigenvalue weighted by Gasteiger charge is 2.46. The maximum Gasteiger partial charge on any atom is 0.320 e. The number of aromatic nitrogens is 4. The van der Waals surface area contributed by atoms with E-state index in [0.29, 0.717) is 5.65 Å². The number of hydrogen-bond acceptors (Lipinski definition) is 7. The smallest absolute Gasteiger partial charge is 0.320 e. The van der Waals surface area contributed by atoms with Crippen LogP contribution in [0.3, 0.4) is 0 Å². The lowest BCUT2D eigenvalue weighted by Gasteiger charge is -2.13. The largest absolute Gasteiger partial charge is 0.394 e. The third-order valence-corrected chi connectivity index (χ3v) is 3.98. The molecule has 1 aliphatic heterocycles. The number of nitrogen functional groups attached to an aromatic ring is 1. The Morgan fingerprint density at radius 2 is 2.09 bits per heavy atom. The van der Waals surface area contributed by atoms with Crippen LogP contribution in [0.4, 0.5) is 5.95 Å². The van der Waals surface area contributed by atoms with E-state index >= 15 is 0 Å². The standard InChI is InChI=1S/C12H17N5O5/c1-15-4-17(11-8(20)7(19)5(3-18)22-11)10-6(15)9(21)14-12(13)16(10)2/h4-5,7-8,11,18-20H,3H2,1-2H3,(H-,13,14,21)/p+1/t5-,7-,8-,11-/m1/s1. The molecule has 3 heterocycles. The van der Waals surface area contributed by atoms with Gasteiger partial charge in [-0.15, -0.1) is 0 Å². The van der Waals surface area contributed by atoms with Gasteiger partial charge in [0.25, 0.3) is 11.6 Å². The number of aliphatic hydroxyl groups is 3. The fourth-order valence-corrected chi connectivity index (χ4v) is 2.79. The number of rotatable bonds is 2. The topological polar surface area (TPSA) is 140 Å². The first-order valence-corrected chi connectivity index (χ1v) is 6.72. The Labute approximate surface area is 124 Å². The number of nitrogens with two attached hydrogens (primary N) is 1. The minimum absolute atomic E-state index is 0.0178. The Hall–Kier alpha value is -2.01. The lowest BCUT2D eigenvalue weighted by molar-refractivity contribution is -0.746. The van der Waals surface area contributed by atoms with Crippen LogP contribution in [0.1, 0.15) is 6.23 Å². The van der Waals surface area contributed by atoms with Gasteiger partial charge >= 0.3 is 5.56 Å². The summed E-state index contributed by atoms with van der Waals surface area (Å²) in [5.74, 6) is 0.0178. The van der Waals surface area contributed by atoms with Crippen LogP contribution in [-0.2, 0) is 18.8 Å². The van der Waals surface area contributed by atoms with Gasteiger partial charge in [-0.25, -0.2) is 9.13 Å².